The normalized spacial score (nSPS) is 10.8. The van der Waals surface area contributed by atoms with Crippen molar-refractivity contribution in [2.75, 3.05) is 6.61 Å². The van der Waals surface area contributed by atoms with Gasteiger partial charge < -0.3 is 9.84 Å². The molecule has 1 amide bonds. The first-order chi connectivity index (χ1) is 12.2. The Balaban J connectivity index is 1.75. The van der Waals surface area contributed by atoms with Gasteiger partial charge in [0.25, 0.3) is 0 Å². The van der Waals surface area contributed by atoms with E-state index < -0.39 is 0 Å². The molecule has 0 saturated heterocycles. The molecule has 0 saturated carbocycles. The minimum atomic E-state index is -0.210. The molecule has 0 radical (unpaired) electrons. The zero-order valence-electron chi connectivity index (χ0n) is 14.4. The standard InChI is InChI=1S/C20H24N2O3/c1-2-3-4-13-25-19-11-7-17(8-12-19)15-21-22-20(24)14-16-5-9-18(23)10-6-16/h5-12,15,23H,2-4,13-14H2,1H3,(H,22,24)/b21-15-. The third-order valence-electron chi connectivity index (χ3n) is 3.60. The third kappa shape index (κ3) is 7.08. The molecule has 0 aliphatic heterocycles. The van der Waals surface area contributed by atoms with Crippen LogP contribution >= 0.6 is 0 Å². The Bertz CT molecular complexity index is 679. The van der Waals surface area contributed by atoms with Gasteiger partial charge in [-0.3, -0.25) is 4.79 Å². The average Bonchev–Trinajstić information content (AvgIpc) is 2.62. The molecule has 2 rings (SSSR count). The number of phenolic OH excluding ortho intramolecular Hbond substituents is 1. The summed E-state index contributed by atoms with van der Waals surface area (Å²) in [6, 6.07) is 14.1. The highest BCUT2D eigenvalue weighted by Crippen LogP contribution is 2.12. The molecule has 0 spiro atoms. The lowest BCUT2D eigenvalue weighted by molar-refractivity contribution is -0.120. The van der Waals surface area contributed by atoms with Crippen molar-refractivity contribution in [2.45, 2.75) is 32.6 Å². The van der Waals surface area contributed by atoms with Crippen LogP contribution in [-0.4, -0.2) is 23.8 Å². The molecule has 0 heterocycles. The second-order valence-corrected chi connectivity index (χ2v) is 5.76. The Morgan fingerprint density at radius 2 is 1.84 bits per heavy atom. The fourth-order valence-corrected chi connectivity index (χ4v) is 2.21. The van der Waals surface area contributed by atoms with E-state index in [0.717, 1.165) is 29.9 Å². The number of hydrogen-bond donors (Lipinski definition) is 2. The van der Waals surface area contributed by atoms with E-state index in [1.54, 1.807) is 30.5 Å². The van der Waals surface area contributed by atoms with E-state index in [2.05, 4.69) is 17.5 Å². The quantitative estimate of drug-likeness (QED) is 0.416. The van der Waals surface area contributed by atoms with Crippen LogP contribution < -0.4 is 10.2 Å². The van der Waals surface area contributed by atoms with E-state index in [-0.39, 0.29) is 18.1 Å². The number of benzene rings is 2. The monoisotopic (exact) mass is 340 g/mol. The summed E-state index contributed by atoms with van der Waals surface area (Å²) in [6.07, 6.45) is 5.22. The van der Waals surface area contributed by atoms with Crippen LogP contribution in [-0.2, 0) is 11.2 Å². The second-order valence-electron chi connectivity index (χ2n) is 5.76. The van der Waals surface area contributed by atoms with Gasteiger partial charge in [0.05, 0.1) is 19.2 Å². The maximum Gasteiger partial charge on any atom is 0.244 e. The lowest BCUT2D eigenvalue weighted by Gasteiger charge is -2.05. The first-order valence-electron chi connectivity index (χ1n) is 8.50. The van der Waals surface area contributed by atoms with Crippen LogP contribution in [0.25, 0.3) is 0 Å². The molecule has 132 valence electrons. The van der Waals surface area contributed by atoms with E-state index in [0.29, 0.717) is 0 Å². The van der Waals surface area contributed by atoms with Crippen LogP contribution in [0.4, 0.5) is 0 Å². The van der Waals surface area contributed by atoms with Crippen LogP contribution in [0, 0.1) is 0 Å². The highest BCUT2D eigenvalue weighted by molar-refractivity contribution is 5.83. The number of nitrogens with zero attached hydrogens (tertiary/aromatic N) is 1. The Hall–Kier alpha value is -2.82. The summed E-state index contributed by atoms with van der Waals surface area (Å²) >= 11 is 0. The molecule has 0 fully saturated rings. The molecule has 0 atom stereocenters. The Morgan fingerprint density at radius 3 is 2.52 bits per heavy atom. The first kappa shape index (κ1) is 18.5. The second kappa shape index (κ2) is 10.1. The number of rotatable bonds is 9. The van der Waals surface area contributed by atoms with Crippen LogP contribution in [0.2, 0.25) is 0 Å². The van der Waals surface area contributed by atoms with Gasteiger partial charge >= 0.3 is 0 Å². The molecule has 5 nitrogen and oxygen atoms in total. The summed E-state index contributed by atoms with van der Waals surface area (Å²) in [5, 5.41) is 13.2. The van der Waals surface area contributed by atoms with E-state index in [9.17, 15) is 9.90 Å². The number of amides is 1. The van der Waals surface area contributed by atoms with E-state index in [1.165, 1.54) is 12.8 Å². The Labute approximate surface area is 148 Å². The molecule has 0 bridgehead atoms. The predicted octanol–water partition coefficient (Wildman–Crippen LogP) is 3.65. The topological polar surface area (TPSA) is 70.9 Å². The summed E-state index contributed by atoms with van der Waals surface area (Å²) < 4.78 is 5.65. The Morgan fingerprint density at radius 1 is 1.12 bits per heavy atom. The number of nitrogens with one attached hydrogen (secondary N) is 1. The number of carbonyl (C=O) groups is 1. The van der Waals surface area contributed by atoms with Gasteiger partial charge in [-0.25, -0.2) is 5.43 Å². The van der Waals surface area contributed by atoms with Crippen molar-refractivity contribution in [3.8, 4) is 11.5 Å². The van der Waals surface area contributed by atoms with E-state index >= 15 is 0 Å². The van der Waals surface area contributed by atoms with Crippen molar-refractivity contribution >= 4 is 12.1 Å². The molecule has 25 heavy (non-hydrogen) atoms. The number of unbranched alkanes of at least 4 members (excludes halogenated alkanes) is 2. The SMILES string of the molecule is CCCCCOc1ccc(/C=N\NC(=O)Cc2ccc(O)cc2)cc1. The van der Waals surface area contributed by atoms with E-state index in [1.807, 2.05) is 24.3 Å². The van der Waals surface area contributed by atoms with Crippen molar-refractivity contribution < 1.29 is 14.6 Å². The number of hydrazone groups is 1. The van der Waals surface area contributed by atoms with Crippen LogP contribution in [0.3, 0.4) is 0 Å². The molecule has 0 aliphatic rings. The molecule has 5 heteroatoms. The van der Waals surface area contributed by atoms with E-state index in [4.69, 9.17) is 4.74 Å². The number of carbonyl (C=O) groups excluding carboxylic acids is 1. The van der Waals surface area contributed by atoms with Crippen LogP contribution in [0.1, 0.15) is 37.3 Å². The van der Waals surface area contributed by atoms with Crippen molar-refractivity contribution in [3.05, 3.63) is 59.7 Å². The average molecular weight is 340 g/mol. The summed E-state index contributed by atoms with van der Waals surface area (Å²) in [7, 11) is 0. The smallest absolute Gasteiger partial charge is 0.244 e. The first-order valence-corrected chi connectivity index (χ1v) is 8.50. The van der Waals surface area contributed by atoms with Crippen molar-refractivity contribution in [1.29, 1.82) is 0 Å². The summed E-state index contributed by atoms with van der Waals surface area (Å²) in [5.74, 6) is 0.808. The molecule has 2 aromatic rings. The summed E-state index contributed by atoms with van der Waals surface area (Å²) in [6.45, 7) is 2.90. The summed E-state index contributed by atoms with van der Waals surface area (Å²) in [4.78, 5) is 11.8. The van der Waals surface area contributed by atoms with Gasteiger partial charge in [0, 0.05) is 0 Å². The fraction of sp³-hybridized carbons (Fsp3) is 0.300. The van der Waals surface area contributed by atoms with Gasteiger partial charge in [0.1, 0.15) is 11.5 Å². The zero-order valence-corrected chi connectivity index (χ0v) is 14.4. The maximum atomic E-state index is 11.8. The minimum Gasteiger partial charge on any atom is -0.508 e. The number of hydrogen-bond acceptors (Lipinski definition) is 4. The molecule has 2 N–H and O–H groups in total. The van der Waals surface area contributed by atoms with Crippen molar-refractivity contribution in [2.24, 2.45) is 5.10 Å². The molecule has 2 aromatic carbocycles. The number of phenols is 1. The molecular weight excluding hydrogens is 316 g/mol. The predicted molar refractivity (Wildman–Crippen MR) is 99.0 cm³/mol. The lowest BCUT2D eigenvalue weighted by Crippen LogP contribution is -2.19. The Kier molecular flexibility index (Phi) is 7.50. The number of aromatic hydroxyl groups is 1. The highest BCUT2D eigenvalue weighted by Gasteiger charge is 2.02. The lowest BCUT2D eigenvalue weighted by atomic mass is 10.1. The molecule has 0 unspecified atom stereocenters. The highest BCUT2D eigenvalue weighted by atomic mass is 16.5. The van der Waals surface area contributed by atoms with Gasteiger partial charge in [-0.05, 0) is 53.9 Å². The van der Waals surface area contributed by atoms with Crippen LogP contribution in [0.5, 0.6) is 11.5 Å². The maximum absolute atomic E-state index is 11.8. The zero-order chi connectivity index (χ0) is 17.9. The van der Waals surface area contributed by atoms with Crippen molar-refractivity contribution in [1.82, 2.24) is 5.43 Å². The van der Waals surface area contributed by atoms with Gasteiger partial charge in [-0.1, -0.05) is 31.9 Å². The minimum absolute atomic E-state index is 0.181. The molecule has 0 aliphatic carbocycles. The molecule has 0 aromatic heterocycles. The summed E-state index contributed by atoms with van der Waals surface area (Å²) in [5.41, 5.74) is 4.19. The van der Waals surface area contributed by atoms with Gasteiger partial charge in [0.2, 0.25) is 5.91 Å². The fourth-order valence-electron chi connectivity index (χ4n) is 2.21. The van der Waals surface area contributed by atoms with Gasteiger partial charge in [0.15, 0.2) is 0 Å². The van der Waals surface area contributed by atoms with Gasteiger partial charge in [-0.15, -0.1) is 0 Å². The van der Waals surface area contributed by atoms with Gasteiger partial charge in [-0.2, -0.15) is 5.10 Å². The molecular formula is C20H24N2O3. The number of ether oxygens (including phenoxy) is 1. The third-order valence-corrected chi connectivity index (χ3v) is 3.60. The van der Waals surface area contributed by atoms with Crippen molar-refractivity contribution in [3.63, 3.8) is 0 Å². The largest absolute Gasteiger partial charge is 0.508 e. The van der Waals surface area contributed by atoms with Crippen LogP contribution in [0.15, 0.2) is 53.6 Å².